The van der Waals surface area contributed by atoms with Crippen LogP contribution in [0.25, 0.3) is 22.6 Å². The molecule has 2 aliphatic heterocycles. The molecule has 146 valence electrons. The first-order valence-corrected chi connectivity index (χ1v) is 8.96. The number of benzene rings is 2. The van der Waals surface area contributed by atoms with Gasteiger partial charge in [0.15, 0.2) is 0 Å². The fourth-order valence-corrected chi connectivity index (χ4v) is 3.26. The lowest BCUT2D eigenvalue weighted by Crippen LogP contribution is -2.15. The minimum absolute atomic E-state index is 0.0773. The average molecular weight is 391 g/mol. The van der Waals surface area contributed by atoms with E-state index in [1.807, 2.05) is 25.1 Å². The van der Waals surface area contributed by atoms with Crippen LogP contribution in [-0.4, -0.2) is 27.4 Å². The Kier molecular flexibility index (Phi) is 4.50. The Morgan fingerprint density at radius 1 is 1.07 bits per heavy atom. The normalized spacial score (nSPS) is 11.0. The minimum atomic E-state index is -0.661. The Morgan fingerprint density at radius 2 is 1.83 bits per heavy atom. The molecule has 4 rings (SSSR count). The number of rotatable bonds is 3. The lowest BCUT2D eigenvalue weighted by atomic mass is 10.1. The molecule has 0 bridgehead atoms. The third-order valence-electron chi connectivity index (χ3n) is 4.70. The van der Waals surface area contributed by atoms with Gasteiger partial charge in [0.1, 0.15) is 17.1 Å². The van der Waals surface area contributed by atoms with Gasteiger partial charge < -0.3 is 9.30 Å². The SMILES string of the molecule is COC(=O)c1cn(-c2ccc(C)cc2F)cc2c(=O)n(-c3cccc(C)c3)nc1-2. The number of fused-ring (bicyclic) bond motifs is 1. The van der Waals surface area contributed by atoms with Gasteiger partial charge >= 0.3 is 5.97 Å². The van der Waals surface area contributed by atoms with Crippen molar-refractivity contribution in [3.63, 3.8) is 0 Å². The second-order valence-corrected chi connectivity index (χ2v) is 6.84. The number of aromatic nitrogens is 3. The van der Waals surface area contributed by atoms with Crippen molar-refractivity contribution in [1.82, 2.24) is 14.3 Å². The van der Waals surface area contributed by atoms with Gasteiger partial charge in [0.05, 0.1) is 24.0 Å². The molecule has 0 radical (unpaired) electrons. The molecule has 0 unspecified atom stereocenters. The zero-order valence-electron chi connectivity index (χ0n) is 16.1. The quantitative estimate of drug-likeness (QED) is 0.500. The van der Waals surface area contributed by atoms with Crippen LogP contribution < -0.4 is 5.56 Å². The molecule has 7 heteroatoms. The molecular weight excluding hydrogens is 373 g/mol. The second kappa shape index (κ2) is 7.01. The molecule has 29 heavy (non-hydrogen) atoms. The first-order chi connectivity index (χ1) is 13.9. The summed E-state index contributed by atoms with van der Waals surface area (Å²) in [4.78, 5) is 25.4. The summed E-state index contributed by atoms with van der Waals surface area (Å²) >= 11 is 0. The number of hydrogen-bond acceptors (Lipinski definition) is 4. The lowest BCUT2D eigenvalue weighted by molar-refractivity contribution is 0.0600. The number of nitrogens with zero attached hydrogens (tertiary/aromatic N) is 3. The number of aryl methyl sites for hydroxylation is 2. The van der Waals surface area contributed by atoms with Gasteiger partial charge in [-0.3, -0.25) is 4.79 Å². The smallest absolute Gasteiger partial charge is 0.341 e. The van der Waals surface area contributed by atoms with Crippen molar-refractivity contribution in [3.8, 4) is 22.6 Å². The van der Waals surface area contributed by atoms with Crippen LogP contribution in [0.3, 0.4) is 0 Å². The van der Waals surface area contributed by atoms with Crippen LogP contribution in [0, 0.1) is 19.7 Å². The number of esters is 1. The minimum Gasteiger partial charge on any atom is -0.465 e. The highest BCUT2D eigenvalue weighted by molar-refractivity contribution is 5.96. The summed E-state index contributed by atoms with van der Waals surface area (Å²) in [5.74, 6) is -1.13. The Morgan fingerprint density at radius 3 is 2.52 bits per heavy atom. The molecule has 0 saturated carbocycles. The monoisotopic (exact) mass is 391 g/mol. The van der Waals surface area contributed by atoms with Crippen molar-refractivity contribution < 1.29 is 13.9 Å². The summed E-state index contributed by atoms with van der Waals surface area (Å²) in [6, 6.07) is 12.0. The van der Waals surface area contributed by atoms with E-state index in [0.29, 0.717) is 5.69 Å². The van der Waals surface area contributed by atoms with E-state index < -0.39 is 17.3 Å². The number of carbonyl (C=O) groups is 1. The maximum Gasteiger partial charge on any atom is 0.341 e. The highest BCUT2D eigenvalue weighted by Crippen LogP contribution is 2.26. The van der Waals surface area contributed by atoms with Crippen LogP contribution in [-0.2, 0) is 4.74 Å². The maximum atomic E-state index is 14.5. The maximum absolute atomic E-state index is 14.5. The molecule has 6 nitrogen and oxygen atoms in total. The summed E-state index contributed by atoms with van der Waals surface area (Å²) in [7, 11) is 1.24. The number of ether oxygens (including phenoxy) is 1. The van der Waals surface area contributed by atoms with Crippen molar-refractivity contribution in [1.29, 1.82) is 0 Å². The Bertz CT molecular complexity index is 1270. The summed E-state index contributed by atoms with van der Waals surface area (Å²) in [5.41, 5.74) is 2.58. The molecule has 0 N–H and O–H groups in total. The zero-order valence-corrected chi connectivity index (χ0v) is 16.1. The molecule has 2 heterocycles. The summed E-state index contributed by atoms with van der Waals surface area (Å²) in [5, 5.41) is 4.36. The van der Waals surface area contributed by atoms with Crippen LogP contribution in [0.1, 0.15) is 21.5 Å². The largest absolute Gasteiger partial charge is 0.465 e. The topological polar surface area (TPSA) is 66.1 Å². The molecule has 0 amide bonds. The average Bonchev–Trinajstić information content (AvgIpc) is 3.03. The summed E-state index contributed by atoms with van der Waals surface area (Å²) in [6.45, 7) is 3.69. The van der Waals surface area contributed by atoms with E-state index in [4.69, 9.17) is 4.74 Å². The standard InChI is InChI=1S/C22H18FN3O3/c1-13-5-4-6-15(9-13)26-21(27)16-11-25(19-8-7-14(2)10-18(19)23)12-17(20(16)24-26)22(28)29-3/h4-12H,1-3H3. The molecule has 0 aliphatic carbocycles. The number of halogens is 1. The van der Waals surface area contributed by atoms with Crippen LogP contribution in [0.5, 0.6) is 0 Å². The molecule has 0 atom stereocenters. The third kappa shape index (κ3) is 3.20. The predicted octanol–water partition coefficient (Wildman–Crippen LogP) is 3.67. The van der Waals surface area contributed by atoms with E-state index in [2.05, 4.69) is 5.10 Å². The van der Waals surface area contributed by atoms with Gasteiger partial charge in [-0.15, -0.1) is 0 Å². The zero-order chi connectivity index (χ0) is 20.7. The van der Waals surface area contributed by atoms with E-state index in [1.54, 1.807) is 25.1 Å². The van der Waals surface area contributed by atoms with Gasteiger partial charge in [0.25, 0.3) is 5.56 Å². The Hall–Kier alpha value is -3.74. The first kappa shape index (κ1) is 18.6. The van der Waals surface area contributed by atoms with Gasteiger partial charge in [-0.05, 0) is 49.2 Å². The summed E-state index contributed by atoms with van der Waals surface area (Å²) < 4.78 is 22.0. The van der Waals surface area contributed by atoms with Crippen LogP contribution in [0.15, 0.2) is 59.7 Å². The molecule has 2 aromatic rings. The second-order valence-electron chi connectivity index (χ2n) is 6.84. The van der Waals surface area contributed by atoms with Crippen molar-refractivity contribution in [2.24, 2.45) is 0 Å². The third-order valence-corrected chi connectivity index (χ3v) is 4.70. The predicted molar refractivity (Wildman–Crippen MR) is 107 cm³/mol. The van der Waals surface area contributed by atoms with Gasteiger partial charge in [-0.1, -0.05) is 18.2 Å². The Balaban J connectivity index is 2.01. The van der Waals surface area contributed by atoms with E-state index in [1.165, 1.54) is 34.8 Å². The van der Waals surface area contributed by atoms with Crippen LogP contribution in [0.4, 0.5) is 4.39 Å². The number of pyridine rings is 1. The van der Waals surface area contributed by atoms with Crippen LogP contribution in [0.2, 0.25) is 0 Å². The number of hydrogen-bond donors (Lipinski definition) is 0. The molecule has 0 spiro atoms. The molecule has 0 saturated heterocycles. The van der Waals surface area contributed by atoms with Gasteiger partial charge in [-0.2, -0.15) is 9.78 Å². The van der Waals surface area contributed by atoms with Gasteiger partial charge in [0, 0.05) is 12.4 Å². The first-order valence-electron chi connectivity index (χ1n) is 8.96. The molecule has 2 aliphatic rings. The fraction of sp³-hybridized carbons (Fsp3) is 0.136. The molecule has 2 aromatic carbocycles. The molecule has 0 fully saturated rings. The lowest BCUT2D eigenvalue weighted by Gasteiger charge is -2.12. The van der Waals surface area contributed by atoms with Crippen molar-refractivity contribution in [2.75, 3.05) is 7.11 Å². The van der Waals surface area contributed by atoms with Gasteiger partial charge in [-0.25, -0.2) is 9.18 Å². The van der Waals surface area contributed by atoms with E-state index in [0.717, 1.165) is 11.1 Å². The highest BCUT2D eigenvalue weighted by Gasteiger charge is 2.25. The van der Waals surface area contributed by atoms with Gasteiger partial charge in [0.2, 0.25) is 0 Å². The van der Waals surface area contributed by atoms with E-state index in [9.17, 15) is 14.0 Å². The summed E-state index contributed by atoms with van der Waals surface area (Å²) in [6.07, 6.45) is 2.91. The molecular formula is C22H18FN3O3. The van der Waals surface area contributed by atoms with E-state index >= 15 is 0 Å². The highest BCUT2D eigenvalue weighted by atomic mass is 19.1. The van der Waals surface area contributed by atoms with E-state index in [-0.39, 0.29) is 22.5 Å². The number of methoxy groups -OCH3 is 1. The number of carbonyl (C=O) groups excluding carboxylic acids is 1. The Labute approximate surface area is 166 Å². The van der Waals surface area contributed by atoms with Crippen molar-refractivity contribution in [2.45, 2.75) is 13.8 Å². The van der Waals surface area contributed by atoms with Crippen molar-refractivity contribution >= 4 is 5.97 Å². The fourth-order valence-electron chi connectivity index (χ4n) is 3.26. The van der Waals surface area contributed by atoms with Crippen molar-refractivity contribution in [3.05, 3.63) is 87.7 Å². The van der Waals surface area contributed by atoms with Crippen LogP contribution >= 0.6 is 0 Å². The molecule has 0 aromatic heterocycles.